The summed E-state index contributed by atoms with van der Waals surface area (Å²) >= 11 is -2.41. The van der Waals surface area contributed by atoms with Crippen LogP contribution in [0, 0.1) is 0 Å². The van der Waals surface area contributed by atoms with Crippen LogP contribution < -0.4 is 11.1 Å². The van der Waals surface area contributed by atoms with Crippen LogP contribution in [-0.4, -0.2) is 21.9 Å². The second-order valence-corrected chi connectivity index (χ2v) is 3.57. The SMILES string of the molecule is Nc1ccc(NCCCOS(=O)[O-])cc1. The Labute approximate surface area is 91.1 Å². The molecular formula is C9H13N2O3S-. The predicted octanol–water partition coefficient (Wildman–Crippen LogP) is 0.881. The molecule has 0 aromatic heterocycles. The van der Waals surface area contributed by atoms with Crippen molar-refractivity contribution >= 4 is 22.7 Å². The Balaban J connectivity index is 2.15. The molecule has 0 fully saturated rings. The van der Waals surface area contributed by atoms with E-state index in [1.807, 2.05) is 12.1 Å². The second-order valence-electron chi connectivity index (χ2n) is 2.93. The van der Waals surface area contributed by atoms with Crippen LogP contribution in [0.4, 0.5) is 11.4 Å². The number of benzene rings is 1. The summed E-state index contributed by atoms with van der Waals surface area (Å²) in [5.41, 5.74) is 7.18. The topological polar surface area (TPSA) is 87.4 Å². The number of rotatable bonds is 6. The molecule has 0 aliphatic heterocycles. The summed E-state index contributed by atoms with van der Waals surface area (Å²) in [6, 6.07) is 7.32. The van der Waals surface area contributed by atoms with Crippen LogP contribution in [0.25, 0.3) is 0 Å². The molecule has 0 bridgehead atoms. The van der Waals surface area contributed by atoms with E-state index in [0.29, 0.717) is 18.7 Å². The van der Waals surface area contributed by atoms with Crippen LogP contribution >= 0.6 is 0 Å². The maximum absolute atomic E-state index is 10.0. The predicted molar refractivity (Wildman–Crippen MR) is 58.8 cm³/mol. The van der Waals surface area contributed by atoms with E-state index in [1.165, 1.54) is 0 Å². The van der Waals surface area contributed by atoms with E-state index in [1.54, 1.807) is 12.1 Å². The van der Waals surface area contributed by atoms with Crippen molar-refractivity contribution in [2.75, 3.05) is 24.2 Å². The van der Waals surface area contributed by atoms with E-state index in [0.717, 1.165) is 5.69 Å². The minimum atomic E-state index is -2.41. The van der Waals surface area contributed by atoms with Crippen LogP contribution in [0.2, 0.25) is 0 Å². The molecular weight excluding hydrogens is 216 g/mol. The third-order valence-electron chi connectivity index (χ3n) is 1.74. The van der Waals surface area contributed by atoms with Gasteiger partial charge in [-0.1, -0.05) is 0 Å². The molecule has 84 valence electrons. The van der Waals surface area contributed by atoms with Crippen LogP contribution in [-0.2, 0) is 15.5 Å². The first-order valence-electron chi connectivity index (χ1n) is 4.50. The van der Waals surface area contributed by atoms with Crippen molar-refractivity contribution < 1.29 is 12.9 Å². The Hall–Kier alpha value is -1.11. The van der Waals surface area contributed by atoms with Gasteiger partial charge in [-0.3, -0.25) is 0 Å². The lowest BCUT2D eigenvalue weighted by molar-refractivity contribution is 0.299. The molecule has 0 heterocycles. The highest BCUT2D eigenvalue weighted by Crippen LogP contribution is 2.09. The Morgan fingerprint density at radius 2 is 2.07 bits per heavy atom. The van der Waals surface area contributed by atoms with Crippen molar-refractivity contribution in [3.05, 3.63) is 24.3 Å². The van der Waals surface area contributed by atoms with E-state index in [2.05, 4.69) is 9.50 Å². The molecule has 0 saturated heterocycles. The van der Waals surface area contributed by atoms with Crippen LogP contribution in [0.15, 0.2) is 24.3 Å². The average Bonchev–Trinajstić information content (AvgIpc) is 2.20. The number of hydrogen-bond donors (Lipinski definition) is 2. The fourth-order valence-corrected chi connectivity index (χ4v) is 1.29. The molecule has 0 saturated carbocycles. The molecule has 0 spiro atoms. The van der Waals surface area contributed by atoms with Gasteiger partial charge in [-0.2, -0.15) is 0 Å². The Kier molecular flexibility index (Phi) is 5.09. The standard InChI is InChI=1S/C9H14N2O3S/c10-8-2-4-9(5-3-8)11-6-1-7-14-15(12)13/h2-5,11H,1,6-7,10H2,(H,12,13)/p-1. The van der Waals surface area contributed by atoms with Crippen LogP contribution in [0.5, 0.6) is 0 Å². The third kappa shape index (κ3) is 5.36. The van der Waals surface area contributed by atoms with Gasteiger partial charge >= 0.3 is 0 Å². The highest BCUT2D eigenvalue weighted by Gasteiger charge is 1.92. The van der Waals surface area contributed by atoms with E-state index < -0.39 is 11.4 Å². The van der Waals surface area contributed by atoms with Crippen molar-refractivity contribution in [3.63, 3.8) is 0 Å². The highest BCUT2D eigenvalue weighted by atomic mass is 32.2. The highest BCUT2D eigenvalue weighted by molar-refractivity contribution is 7.74. The number of nitrogen functional groups attached to an aromatic ring is 1. The van der Waals surface area contributed by atoms with Crippen molar-refractivity contribution in [2.45, 2.75) is 6.42 Å². The largest absolute Gasteiger partial charge is 0.750 e. The first kappa shape index (κ1) is 12.0. The minimum Gasteiger partial charge on any atom is -0.750 e. The van der Waals surface area contributed by atoms with Gasteiger partial charge in [-0.15, -0.1) is 0 Å². The fraction of sp³-hybridized carbons (Fsp3) is 0.333. The maximum Gasteiger partial charge on any atom is 0.0842 e. The number of nitrogens with two attached hydrogens (primary N) is 1. The van der Waals surface area contributed by atoms with Crippen molar-refractivity contribution in [1.29, 1.82) is 0 Å². The lowest BCUT2D eigenvalue weighted by Gasteiger charge is -2.07. The van der Waals surface area contributed by atoms with Gasteiger partial charge in [0.2, 0.25) is 0 Å². The average molecular weight is 229 g/mol. The van der Waals surface area contributed by atoms with Crippen LogP contribution in [0.3, 0.4) is 0 Å². The Bertz CT molecular complexity index is 316. The van der Waals surface area contributed by atoms with Gasteiger partial charge in [0.1, 0.15) is 0 Å². The van der Waals surface area contributed by atoms with Crippen LogP contribution in [0.1, 0.15) is 6.42 Å². The Morgan fingerprint density at radius 3 is 2.67 bits per heavy atom. The molecule has 1 aromatic carbocycles. The summed E-state index contributed by atoms with van der Waals surface area (Å²) in [5.74, 6) is 0. The van der Waals surface area contributed by atoms with Crippen molar-refractivity contribution in [3.8, 4) is 0 Å². The monoisotopic (exact) mass is 229 g/mol. The normalized spacial score (nSPS) is 12.3. The van der Waals surface area contributed by atoms with E-state index in [9.17, 15) is 8.76 Å². The molecule has 0 aliphatic rings. The summed E-state index contributed by atoms with van der Waals surface area (Å²) in [6.45, 7) is 0.846. The third-order valence-corrected chi connectivity index (χ3v) is 2.10. The summed E-state index contributed by atoms with van der Waals surface area (Å²) in [5, 5.41) is 3.11. The van der Waals surface area contributed by atoms with Gasteiger partial charge in [0.15, 0.2) is 0 Å². The zero-order chi connectivity index (χ0) is 11.1. The van der Waals surface area contributed by atoms with E-state index >= 15 is 0 Å². The molecule has 0 radical (unpaired) electrons. The zero-order valence-electron chi connectivity index (χ0n) is 8.14. The molecule has 3 N–H and O–H groups in total. The zero-order valence-corrected chi connectivity index (χ0v) is 8.96. The minimum absolute atomic E-state index is 0.193. The summed E-state index contributed by atoms with van der Waals surface area (Å²) < 4.78 is 24.4. The van der Waals surface area contributed by atoms with Gasteiger partial charge in [0.25, 0.3) is 0 Å². The van der Waals surface area contributed by atoms with Gasteiger partial charge in [0, 0.05) is 17.9 Å². The number of nitrogens with one attached hydrogen (secondary N) is 1. The first-order valence-corrected chi connectivity index (χ1v) is 5.50. The summed E-state index contributed by atoms with van der Waals surface area (Å²) in [7, 11) is 0. The summed E-state index contributed by atoms with van der Waals surface area (Å²) in [4.78, 5) is 0. The fourth-order valence-electron chi connectivity index (χ4n) is 1.03. The first-order chi connectivity index (χ1) is 7.18. The number of hydrogen-bond acceptors (Lipinski definition) is 5. The molecule has 6 heteroatoms. The lowest BCUT2D eigenvalue weighted by atomic mass is 10.3. The van der Waals surface area contributed by atoms with Gasteiger partial charge < -0.3 is 19.8 Å². The molecule has 1 aromatic rings. The number of anilines is 2. The molecule has 0 amide bonds. The van der Waals surface area contributed by atoms with Gasteiger partial charge in [-0.05, 0) is 30.7 Å². The molecule has 1 rings (SSSR count). The quantitative estimate of drug-likeness (QED) is 0.429. The van der Waals surface area contributed by atoms with E-state index in [-0.39, 0.29) is 6.61 Å². The summed E-state index contributed by atoms with van der Waals surface area (Å²) in [6.07, 6.45) is 0.623. The van der Waals surface area contributed by atoms with E-state index in [4.69, 9.17) is 5.73 Å². The van der Waals surface area contributed by atoms with Crippen molar-refractivity contribution in [2.24, 2.45) is 0 Å². The molecule has 0 aliphatic carbocycles. The maximum atomic E-state index is 10.0. The molecule has 5 nitrogen and oxygen atoms in total. The second kappa shape index (κ2) is 6.39. The molecule has 15 heavy (non-hydrogen) atoms. The molecule has 1 atom stereocenters. The smallest absolute Gasteiger partial charge is 0.0842 e. The van der Waals surface area contributed by atoms with Gasteiger partial charge in [0.05, 0.1) is 18.0 Å². The molecule has 1 unspecified atom stereocenters. The lowest BCUT2D eigenvalue weighted by Crippen LogP contribution is -2.06. The Morgan fingerprint density at radius 1 is 1.40 bits per heavy atom. The van der Waals surface area contributed by atoms with Gasteiger partial charge in [-0.25, -0.2) is 4.21 Å². The van der Waals surface area contributed by atoms with Crippen molar-refractivity contribution in [1.82, 2.24) is 0 Å².